The number of hydrogen-bond acceptors (Lipinski definition) is 6. The van der Waals surface area contributed by atoms with Gasteiger partial charge in [0.05, 0.1) is 12.8 Å². The van der Waals surface area contributed by atoms with Crippen molar-refractivity contribution in [1.82, 2.24) is 9.80 Å². The number of benzene rings is 2. The summed E-state index contributed by atoms with van der Waals surface area (Å²) in [5.74, 6) is -0.314. The lowest BCUT2D eigenvalue weighted by Gasteiger charge is -2.16. The van der Waals surface area contributed by atoms with Crippen LogP contribution in [0.1, 0.15) is 89.2 Å². The molecule has 0 fully saturated rings. The van der Waals surface area contributed by atoms with E-state index in [1.807, 2.05) is 48.5 Å². The molecule has 0 bridgehead atoms. The van der Waals surface area contributed by atoms with Gasteiger partial charge in [-0.05, 0) is 62.3 Å². The molecule has 0 aromatic heterocycles. The smallest absolute Gasteiger partial charge is 0.307 e. The molecule has 0 heterocycles. The summed E-state index contributed by atoms with van der Waals surface area (Å²) in [4.78, 5) is 28.7. The predicted molar refractivity (Wildman–Crippen MR) is 164 cm³/mol. The van der Waals surface area contributed by atoms with Gasteiger partial charge in [-0.3, -0.25) is 9.59 Å². The monoisotopic (exact) mass is 552 g/mol. The Morgan fingerprint density at radius 2 is 0.925 bits per heavy atom. The molecule has 2 rings (SSSR count). The van der Waals surface area contributed by atoms with Crippen LogP contribution in [0.2, 0.25) is 0 Å². The maximum absolute atomic E-state index is 12.2. The average Bonchev–Trinajstić information content (AvgIpc) is 2.98. The average molecular weight is 553 g/mol. The van der Waals surface area contributed by atoms with Gasteiger partial charge in [-0.15, -0.1) is 0 Å². The summed E-state index contributed by atoms with van der Waals surface area (Å²) in [7, 11) is 4.13. The van der Waals surface area contributed by atoms with Crippen molar-refractivity contribution in [3.8, 4) is 11.1 Å². The van der Waals surface area contributed by atoms with E-state index in [4.69, 9.17) is 9.47 Å². The van der Waals surface area contributed by atoms with E-state index in [1.54, 1.807) is 0 Å². The highest BCUT2D eigenvalue weighted by Gasteiger charge is 2.08. The number of carbonyl (C=O) groups excluding carboxylic acids is 2. The first kappa shape index (κ1) is 33.5. The molecule has 0 aliphatic carbocycles. The molecule has 0 unspecified atom stereocenters. The second-order valence-electron chi connectivity index (χ2n) is 10.9. The van der Waals surface area contributed by atoms with Gasteiger partial charge < -0.3 is 19.3 Å². The minimum Gasteiger partial charge on any atom is -0.461 e. The van der Waals surface area contributed by atoms with Crippen LogP contribution in [0.25, 0.3) is 11.1 Å². The fourth-order valence-corrected chi connectivity index (χ4v) is 4.46. The SMILES string of the molecule is CCCCCCN(C)CCC(=O)OCc1ccc(-c2ccc(COC(=O)CCN(C)CCCCCC)cc2)cc1. The lowest BCUT2D eigenvalue weighted by atomic mass is 10.0. The zero-order chi connectivity index (χ0) is 29.0. The molecule has 2 aromatic rings. The third kappa shape index (κ3) is 14.6. The van der Waals surface area contributed by atoms with Crippen LogP contribution in [0.3, 0.4) is 0 Å². The van der Waals surface area contributed by atoms with E-state index in [1.165, 1.54) is 51.4 Å². The Labute approximate surface area is 243 Å². The van der Waals surface area contributed by atoms with Gasteiger partial charge >= 0.3 is 11.9 Å². The van der Waals surface area contributed by atoms with Crippen molar-refractivity contribution in [3.63, 3.8) is 0 Å². The molecular weight excluding hydrogens is 500 g/mol. The number of esters is 2. The van der Waals surface area contributed by atoms with Crippen LogP contribution in [-0.4, -0.2) is 62.0 Å². The van der Waals surface area contributed by atoms with Gasteiger partial charge in [-0.1, -0.05) is 101 Å². The Hall–Kier alpha value is -2.70. The second-order valence-corrected chi connectivity index (χ2v) is 10.9. The first-order chi connectivity index (χ1) is 19.4. The molecule has 6 heteroatoms. The van der Waals surface area contributed by atoms with Gasteiger partial charge in [0.1, 0.15) is 13.2 Å². The number of rotatable bonds is 21. The summed E-state index contributed by atoms with van der Waals surface area (Å²) >= 11 is 0. The predicted octanol–water partition coefficient (Wildman–Crippen LogP) is 7.24. The molecule has 0 radical (unpaired) electrons. The molecule has 0 atom stereocenters. The highest BCUT2D eigenvalue weighted by atomic mass is 16.5. The first-order valence-electron chi connectivity index (χ1n) is 15.3. The number of carbonyl (C=O) groups is 2. The topological polar surface area (TPSA) is 59.1 Å². The Balaban J connectivity index is 1.67. The summed E-state index contributed by atoms with van der Waals surface area (Å²) in [6, 6.07) is 16.2. The summed E-state index contributed by atoms with van der Waals surface area (Å²) in [6.07, 6.45) is 10.7. The van der Waals surface area contributed by atoms with Crippen LogP contribution in [0.4, 0.5) is 0 Å². The molecule has 6 nitrogen and oxygen atoms in total. The van der Waals surface area contributed by atoms with Gasteiger partial charge in [0.2, 0.25) is 0 Å². The van der Waals surface area contributed by atoms with Crippen molar-refractivity contribution in [2.75, 3.05) is 40.3 Å². The van der Waals surface area contributed by atoms with Crippen molar-refractivity contribution >= 4 is 11.9 Å². The maximum Gasteiger partial charge on any atom is 0.307 e. The zero-order valence-corrected chi connectivity index (χ0v) is 25.5. The fraction of sp³-hybridized carbons (Fsp3) is 0.588. The van der Waals surface area contributed by atoms with E-state index in [9.17, 15) is 9.59 Å². The lowest BCUT2D eigenvalue weighted by molar-refractivity contribution is -0.146. The van der Waals surface area contributed by atoms with E-state index in [2.05, 4.69) is 37.7 Å². The van der Waals surface area contributed by atoms with Crippen LogP contribution in [-0.2, 0) is 32.3 Å². The molecule has 0 aliphatic rings. The van der Waals surface area contributed by atoms with Gasteiger partial charge in [0.15, 0.2) is 0 Å². The molecule has 0 N–H and O–H groups in total. The second kappa shape index (κ2) is 20.2. The third-order valence-electron chi connectivity index (χ3n) is 7.22. The Kier molecular flexibility index (Phi) is 16.9. The van der Waals surface area contributed by atoms with Crippen molar-refractivity contribution in [3.05, 3.63) is 59.7 Å². The summed E-state index contributed by atoms with van der Waals surface area (Å²) < 4.78 is 11.0. The van der Waals surface area contributed by atoms with Crippen molar-refractivity contribution in [2.45, 2.75) is 91.3 Å². The van der Waals surface area contributed by atoms with Crippen molar-refractivity contribution in [2.24, 2.45) is 0 Å². The molecule has 0 saturated heterocycles. The van der Waals surface area contributed by atoms with Gasteiger partial charge in [-0.2, -0.15) is 0 Å². The maximum atomic E-state index is 12.2. The number of hydrogen-bond donors (Lipinski definition) is 0. The fourth-order valence-electron chi connectivity index (χ4n) is 4.46. The van der Waals surface area contributed by atoms with Crippen LogP contribution < -0.4 is 0 Å². The van der Waals surface area contributed by atoms with Crippen LogP contribution in [0, 0.1) is 0 Å². The molecule has 0 saturated carbocycles. The standard InChI is InChI=1S/C34H52N2O4/c1-5-7-9-11-23-35(3)25-21-33(37)39-27-29-13-17-31(18-14-29)32-19-15-30(16-20-32)28-40-34(38)22-26-36(4)24-12-10-8-6-2/h13-20H,5-12,21-28H2,1-4H3. The van der Waals surface area contributed by atoms with E-state index in [0.29, 0.717) is 12.8 Å². The number of unbranched alkanes of at least 4 members (excludes halogenated alkanes) is 6. The van der Waals surface area contributed by atoms with Crippen molar-refractivity contribution < 1.29 is 19.1 Å². The molecular formula is C34H52N2O4. The number of nitrogens with zero attached hydrogens (tertiary/aromatic N) is 2. The normalized spacial score (nSPS) is 11.2. The van der Waals surface area contributed by atoms with E-state index in [0.717, 1.165) is 48.4 Å². The Bertz CT molecular complexity index is 879. The van der Waals surface area contributed by atoms with Crippen LogP contribution >= 0.6 is 0 Å². The molecule has 0 aliphatic heterocycles. The summed E-state index contributed by atoms with van der Waals surface area (Å²) in [6.45, 7) is 8.52. The summed E-state index contributed by atoms with van der Waals surface area (Å²) in [5.41, 5.74) is 4.12. The number of ether oxygens (including phenoxy) is 2. The van der Waals surface area contributed by atoms with E-state index < -0.39 is 0 Å². The molecule has 0 spiro atoms. The lowest BCUT2D eigenvalue weighted by Crippen LogP contribution is -2.23. The minimum atomic E-state index is -0.157. The molecule has 0 amide bonds. The molecule has 2 aromatic carbocycles. The third-order valence-corrected chi connectivity index (χ3v) is 7.22. The van der Waals surface area contributed by atoms with Crippen molar-refractivity contribution in [1.29, 1.82) is 0 Å². The zero-order valence-electron chi connectivity index (χ0n) is 25.5. The van der Waals surface area contributed by atoms with E-state index in [-0.39, 0.29) is 25.2 Å². The molecule has 222 valence electrons. The highest BCUT2D eigenvalue weighted by Crippen LogP contribution is 2.21. The summed E-state index contributed by atoms with van der Waals surface area (Å²) in [5, 5.41) is 0. The first-order valence-corrected chi connectivity index (χ1v) is 15.3. The quantitative estimate of drug-likeness (QED) is 0.120. The highest BCUT2D eigenvalue weighted by molar-refractivity contribution is 5.70. The van der Waals surface area contributed by atoms with Gasteiger partial charge in [0, 0.05) is 13.1 Å². The largest absolute Gasteiger partial charge is 0.461 e. The van der Waals surface area contributed by atoms with Gasteiger partial charge in [-0.25, -0.2) is 0 Å². The minimum absolute atomic E-state index is 0.157. The van der Waals surface area contributed by atoms with Gasteiger partial charge in [0.25, 0.3) is 0 Å². The van der Waals surface area contributed by atoms with E-state index >= 15 is 0 Å². The molecule has 40 heavy (non-hydrogen) atoms. The Morgan fingerprint density at radius 3 is 1.27 bits per heavy atom. The van der Waals surface area contributed by atoms with Crippen LogP contribution in [0.15, 0.2) is 48.5 Å². The van der Waals surface area contributed by atoms with Crippen LogP contribution in [0.5, 0.6) is 0 Å². The Morgan fingerprint density at radius 1 is 0.550 bits per heavy atom.